The Bertz CT molecular complexity index is 1050. The number of hydrogen-bond acceptors (Lipinski definition) is 4. The molecule has 2 aromatic heterocycles. The van der Waals surface area contributed by atoms with Crippen molar-refractivity contribution >= 4 is 28.2 Å². The molecule has 4 aromatic rings. The number of phenolic OH excluding ortho intramolecular Hbond substituents is 1. The highest BCUT2D eigenvalue weighted by Crippen LogP contribution is 2.37. The normalized spacial score (nSPS) is 12.0. The molecule has 4 nitrogen and oxygen atoms in total. The first-order valence-corrected chi connectivity index (χ1v) is 8.59. The summed E-state index contributed by atoms with van der Waals surface area (Å²) in [5, 5.41) is 15.8. The van der Waals surface area contributed by atoms with Gasteiger partial charge in [-0.25, -0.2) is 0 Å². The minimum absolute atomic E-state index is 0.157. The summed E-state index contributed by atoms with van der Waals surface area (Å²) < 4.78 is 0. The summed E-state index contributed by atoms with van der Waals surface area (Å²) in [7, 11) is 0. The van der Waals surface area contributed by atoms with Crippen LogP contribution in [0, 0.1) is 0 Å². The Morgan fingerprint density at radius 2 is 1.69 bits per heavy atom. The number of nitrogens with zero attached hydrogens (tertiary/aromatic N) is 2. The number of pyridine rings is 2. The van der Waals surface area contributed by atoms with Crippen LogP contribution in [0.1, 0.15) is 17.2 Å². The quantitative estimate of drug-likeness (QED) is 0.525. The van der Waals surface area contributed by atoms with E-state index in [9.17, 15) is 5.11 Å². The number of nitrogens with one attached hydrogen (secondary N) is 1. The Morgan fingerprint density at radius 1 is 0.885 bits per heavy atom. The third-order valence-electron chi connectivity index (χ3n) is 4.30. The molecule has 26 heavy (non-hydrogen) atoms. The van der Waals surface area contributed by atoms with Gasteiger partial charge in [0, 0.05) is 29.5 Å². The molecule has 0 fully saturated rings. The van der Waals surface area contributed by atoms with E-state index in [0.717, 1.165) is 22.2 Å². The molecule has 0 saturated heterocycles. The maximum atomic E-state index is 10.9. The summed E-state index contributed by atoms with van der Waals surface area (Å²) in [6, 6.07) is 18.7. The maximum absolute atomic E-state index is 10.9. The molecule has 0 spiro atoms. The van der Waals surface area contributed by atoms with E-state index >= 15 is 0 Å². The van der Waals surface area contributed by atoms with Crippen molar-refractivity contribution in [3.8, 4) is 5.75 Å². The molecule has 5 heteroatoms. The molecule has 0 bridgehead atoms. The molecule has 4 rings (SSSR count). The van der Waals surface area contributed by atoms with Gasteiger partial charge in [0.15, 0.2) is 0 Å². The highest BCUT2D eigenvalue weighted by molar-refractivity contribution is 6.33. The molecule has 2 N–H and O–H groups in total. The number of aromatic nitrogens is 2. The van der Waals surface area contributed by atoms with Crippen LogP contribution in [0.3, 0.4) is 0 Å². The lowest BCUT2D eigenvalue weighted by Crippen LogP contribution is -2.13. The monoisotopic (exact) mass is 361 g/mol. The maximum Gasteiger partial charge on any atom is 0.147 e. The Kier molecular flexibility index (Phi) is 4.42. The summed E-state index contributed by atoms with van der Waals surface area (Å²) >= 11 is 6.33. The van der Waals surface area contributed by atoms with E-state index in [0.29, 0.717) is 10.5 Å². The van der Waals surface area contributed by atoms with Gasteiger partial charge in [-0.05, 0) is 35.9 Å². The fourth-order valence-corrected chi connectivity index (χ4v) is 3.20. The number of benzene rings is 2. The van der Waals surface area contributed by atoms with Crippen LogP contribution in [0.5, 0.6) is 5.75 Å². The van der Waals surface area contributed by atoms with E-state index in [1.165, 1.54) is 0 Å². The standard InChI is InChI=1S/C21H16ClN3O/c22-17-5-1-2-6-18(17)25-19(15-9-12-23-13-10-15)16-8-7-14-4-3-11-24-20(14)21(16)26/h1-13,19,25-26H. The minimum atomic E-state index is -0.302. The lowest BCUT2D eigenvalue weighted by molar-refractivity contribution is 0.472. The van der Waals surface area contributed by atoms with Gasteiger partial charge in [-0.3, -0.25) is 9.97 Å². The smallest absolute Gasteiger partial charge is 0.147 e. The number of aromatic hydroxyl groups is 1. The minimum Gasteiger partial charge on any atom is -0.505 e. The van der Waals surface area contributed by atoms with Gasteiger partial charge >= 0.3 is 0 Å². The highest BCUT2D eigenvalue weighted by Gasteiger charge is 2.20. The van der Waals surface area contributed by atoms with E-state index < -0.39 is 0 Å². The first kappa shape index (κ1) is 16.4. The van der Waals surface area contributed by atoms with Gasteiger partial charge in [0.05, 0.1) is 16.8 Å². The van der Waals surface area contributed by atoms with Crippen molar-refractivity contribution in [1.29, 1.82) is 0 Å². The number of fused-ring (bicyclic) bond motifs is 1. The second-order valence-corrected chi connectivity index (χ2v) is 6.32. The molecule has 1 atom stereocenters. The van der Waals surface area contributed by atoms with Gasteiger partial charge in [0.25, 0.3) is 0 Å². The zero-order valence-electron chi connectivity index (χ0n) is 13.8. The number of phenols is 1. The molecular weight excluding hydrogens is 346 g/mol. The summed E-state index contributed by atoms with van der Waals surface area (Å²) in [6.45, 7) is 0. The SMILES string of the molecule is Oc1c(C(Nc2ccccc2Cl)c2ccncc2)ccc2cccnc12. The molecular formula is C21H16ClN3O. The summed E-state index contributed by atoms with van der Waals surface area (Å²) in [4.78, 5) is 8.42. The van der Waals surface area contributed by atoms with Gasteiger partial charge in [-0.1, -0.05) is 41.9 Å². The van der Waals surface area contributed by atoms with E-state index in [2.05, 4.69) is 15.3 Å². The van der Waals surface area contributed by atoms with Gasteiger partial charge in [-0.2, -0.15) is 0 Å². The highest BCUT2D eigenvalue weighted by atomic mass is 35.5. The van der Waals surface area contributed by atoms with Crippen LogP contribution >= 0.6 is 11.6 Å². The Morgan fingerprint density at radius 3 is 2.50 bits per heavy atom. The molecule has 0 aliphatic carbocycles. The Labute approximate surface area is 156 Å². The average Bonchev–Trinajstić information content (AvgIpc) is 2.69. The summed E-state index contributed by atoms with van der Waals surface area (Å²) in [5.41, 5.74) is 3.05. The fourth-order valence-electron chi connectivity index (χ4n) is 3.01. The molecule has 0 radical (unpaired) electrons. The molecule has 2 aromatic carbocycles. The van der Waals surface area contributed by atoms with Crippen molar-refractivity contribution in [2.45, 2.75) is 6.04 Å². The van der Waals surface area contributed by atoms with Crippen LogP contribution in [0.2, 0.25) is 5.02 Å². The zero-order valence-corrected chi connectivity index (χ0v) is 14.6. The van der Waals surface area contributed by atoms with Crippen molar-refractivity contribution in [1.82, 2.24) is 9.97 Å². The van der Waals surface area contributed by atoms with E-state index in [-0.39, 0.29) is 11.8 Å². The molecule has 0 amide bonds. The third kappa shape index (κ3) is 3.07. The van der Waals surface area contributed by atoms with Crippen molar-refractivity contribution in [3.05, 3.63) is 95.4 Å². The average molecular weight is 362 g/mol. The second-order valence-electron chi connectivity index (χ2n) is 5.92. The largest absolute Gasteiger partial charge is 0.505 e. The number of para-hydroxylation sites is 1. The molecule has 1 unspecified atom stereocenters. The predicted octanol–water partition coefficient (Wildman–Crippen LogP) is 5.19. The number of rotatable bonds is 4. The van der Waals surface area contributed by atoms with Crippen LogP contribution in [-0.4, -0.2) is 15.1 Å². The molecule has 2 heterocycles. The number of halogens is 1. The van der Waals surface area contributed by atoms with Crippen LogP contribution in [0.25, 0.3) is 10.9 Å². The summed E-state index contributed by atoms with van der Waals surface area (Å²) in [5.74, 6) is 0.157. The van der Waals surface area contributed by atoms with E-state index in [1.54, 1.807) is 18.6 Å². The van der Waals surface area contributed by atoms with Crippen LogP contribution in [0.15, 0.2) is 79.3 Å². The summed E-state index contributed by atoms with van der Waals surface area (Å²) in [6.07, 6.45) is 5.13. The third-order valence-corrected chi connectivity index (χ3v) is 4.63. The van der Waals surface area contributed by atoms with Gasteiger partial charge in [0.1, 0.15) is 11.3 Å². The zero-order chi connectivity index (χ0) is 17.9. The molecule has 0 aliphatic rings. The molecule has 0 saturated carbocycles. The van der Waals surface area contributed by atoms with Crippen molar-refractivity contribution < 1.29 is 5.11 Å². The molecule has 0 aliphatic heterocycles. The van der Waals surface area contributed by atoms with Crippen molar-refractivity contribution in [3.63, 3.8) is 0 Å². The lowest BCUT2D eigenvalue weighted by atomic mass is 9.96. The van der Waals surface area contributed by atoms with E-state index in [4.69, 9.17) is 11.6 Å². The number of anilines is 1. The van der Waals surface area contributed by atoms with Gasteiger partial charge in [-0.15, -0.1) is 0 Å². The Hall–Kier alpha value is -3.11. The van der Waals surface area contributed by atoms with Crippen LogP contribution < -0.4 is 5.32 Å². The lowest BCUT2D eigenvalue weighted by Gasteiger charge is -2.23. The van der Waals surface area contributed by atoms with Crippen molar-refractivity contribution in [2.75, 3.05) is 5.32 Å². The van der Waals surface area contributed by atoms with Crippen LogP contribution in [-0.2, 0) is 0 Å². The second kappa shape index (κ2) is 7.02. The van der Waals surface area contributed by atoms with Crippen molar-refractivity contribution in [2.24, 2.45) is 0 Å². The van der Waals surface area contributed by atoms with Gasteiger partial charge in [0.2, 0.25) is 0 Å². The predicted molar refractivity (Wildman–Crippen MR) is 105 cm³/mol. The Balaban J connectivity index is 1.86. The van der Waals surface area contributed by atoms with E-state index in [1.807, 2.05) is 60.7 Å². The van der Waals surface area contributed by atoms with Gasteiger partial charge < -0.3 is 10.4 Å². The molecule has 128 valence electrons. The van der Waals surface area contributed by atoms with Crippen LogP contribution in [0.4, 0.5) is 5.69 Å². The first-order valence-electron chi connectivity index (χ1n) is 8.21. The topological polar surface area (TPSA) is 58.0 Å². The first-order chi connectivity index (χ1) is 12.7. The number of hydrogen-bond donors (Lipinski definition) is 2. The fraction of sp³-hybridized carbons (Fsp3) is 0.0476.